The first-order chi connectivity index (χ1) is 7.75. The lowest BCUT2D eigenvalue weighted by Crippen LogP contribution is -2.10. The van der Waals surface area contributed by atoms with Crippen molar-refractivity contribution >= 4 is 27.7 Å². The van der Waals surface area contributed by atoms with Gasteiger partial charge < -0.3 is 10.7 Å². The number of H-pyrrole nitrogens is 1. The van der Waals surface area contributed by atoms with E-state index in [-0.39, 0.29) is 0 Å². The number of nitrogens with one attached hydrogen (secondary N) is 1. The van der Waals surface area contributed by atoms with Crippen LogP contribution in [-0.4, -0.2) is 15.9 Å². The van der Waals surface area contributed by atoms with Crippen molar-refractivity contribution in [3.63, 3.8) is 0 Å². The molecule has 0 saturated heterocycles. The summed E-state index contributed by atoms with van der Waals surface area (Å²) in [5.74, 6) is -0.426. The highest BCUT2D eigenvalue weighted by Crippen LogP contribution is 2.22. The summed E-state index contributed by atoms with van der Waals surface area (Å²) in [5, 5.41) is 1.94. The van der Waals surface area contributed by atoms with Crippen molar-refractivity contribution in [1.82, 2.24) is 9.97 Å². The van der Waals surface area contributed by atoms with Gasteiger partial charge in [-0.1, -0.05) is 0 Å². The molecule has 16 heavy (non-hydrogen) atoms. The molecule has 2 aromatic heterocycles. The fourth-order valence-corrected chi connectivity index (χ4v) is 1.86. The number of pyridine rings is 1. The number of aromatic amines is 1. The van der Waals surface area contributed by atoms with Crippen LogP contribution in [0, 0.1) is 0 Å². The average Bonchev–Trinajstić information content (AvgIpc) is 2.76. The van der Waals surface area contributed by atoms with Gasteiger partial charge >= 0.3 is 0 Å². The van der Waals surface area contributed by atoms with Gasteiger partial charge in [-0.05, 0) is 24.3 Å². The Bertz CT molecular complexity index is 700. The van der Waals surface area contributed by atoms with Gasteiger partial charge in [0.15, 0.2) is 0 Å². The van der Waals surface area contributed by atoms with E-state index >= 15 is 0 Å². The Balaban J connectivity index is 2.46. The average molecular weight is 211 g/mol. The number of carbonyl (C=O) groups is 1. The summed E-state index contributed by atoms with van der Waals surface area (Å²) in [4.78, 5) is 18.6. The maximum atomic E-state index is 11.1. The van der Waals surface area contributed by atoms with Crippen molar-refractivity contribution in [3.05, 3.63) is 42.2 Å². The number of nitrogens with zero attached hydrogens (tertiary/aromatic N) is 1. The molecule has 78 valence electrons. The molecule has 3 aromatic rings. The Morgan fingerprint density at radius 1 is 1.31 bits per heavy atom. The number of hydrogen-bond donors (Lipinski definition) is 2. The number of amides is 1. The minimum absolute atomic E-state index is 0.426. The van der Waals surface area contributed by atoms with Crippen molar-refractivity contribution in [2.24, 2.45) is 5.73 Å². The van der Waals surface area contributed by atoms with Crippen LogP contribution in [0.25, 0.3) is 21.8 Å². The molecule has 0 fully saturated rings. The van der Waals surface area contributed by atoms with Crippen LogP contribution in [0.5, 0.6) is 0 Å². The highest BCUT2D eigenvalue weighted by molar-refractivity contribution is 6.06. The third-order valence-electron chi connectivity index (χ3n) is 2.67. The molecule has 0 radical (unpaired) electrons. The smallest absolute Gasteiger partial charge is 0.248 e. The number of nitrogens with two attached hydrogens (primary N) is 1. The summed E-state index contributed by atoms with van der Waals surface area (Å²) in [7, 11) is 0. The van der Waals surface area contributed by atoms with Gasteiger partial charge in [0.05, 0.1) is 11.0 Å². The van der Waals surface area contributed by atoms with Gasteiger partial charge in [-0.3, -0.25) is 9.78 Å². The number of carbonyl (C=O) groups excluding carboxylic acids is 1. The fraction of sp³-hybridized carbons (Fsp3) is 0. The molecule has 1 amide bonds. The minimum Gasteiger partial charge on any atom is -0.366 e. The van der Waals surface area contributed by atoms with Crippen LogP contribution in [0.4, 0.5) is 0 Å². The second-order valence-corrected chi connectivity index (χ2v) is 3.66. The van der Waals surface area contributed by atoms with Gasteiger partial charge in [-0.25, -0.2) is 0 Å². The summed E-state index contributed by atoms with van der Waals surface area (Å²) in [6.07, 6.45) is 3.65. The van der Waals surface area contributed by atoms with E-state index in [4.69, 9.17) is 5.73 Å². The van der Waals surface area contributed by atoms with Crippen molar-refractivity contribution in [2.75, 3.05) is 0 Å². The lowest BCUT2D eigenvalue weighted by Gasteiger charge is -2.01. The van der Waals surface area contributed by atoms with Crippen LogP contribution < -0.4 is 5.73 Å². The molecule has 0 aliphatic carbocycles. The predicted molar refractivity (Wildman–Crippen MR) is 62.1 cm³/mol. The van der Waals surface area contributed by atoms with E-state index in [1.165, 1.54) is 0 Å². The van der Waals surface area contributed by atoms with E-state index in [0.717, 1.165) is 21.8 Å². The molecule has 2 heterocycles. The molecular formula is C12H9N3O. The zero-order chi connectivity index (χ0) is 11.1. The lowest BCUT2D eigenvalue weighted by atomic mass is 10.1. The number of rotatable bonds is 1. The zero-order valence-corrected chi connectivity index (χ0v) is 8.40. The molecule has 0 unspecified atom stereocenters. The lowest BCUT2D eigenvalue weighted by molar-refractivity contribution is 0.100. The Labute approximate surface area is 91.1 Å². The number of benzene rings is 1. The SMILES string of the molecule is NC(=O)c1ccc2ncc3cc[nH]c3c2c1. The van der Waals surface area contributed by atoms with Crippen LogP contribution in [-0.2, 0) is 0 Å². The second kappa shape index (κ2) is 3.06. The largest absolute Gasteiger partial charge is 0.366 e. The number of fused-ring (bicyclic) bond motifs is 3. The Kier molecular flexibility index (Phi) is 1.71. The van der Waals surface area contributed by atoms with Gasteiger partial charge in [0, 0.05) is 28.7 Å². The zero-order valence-electron chi connectivity index (χ0n) is 8.40. The van der Waals surface area contributed by atoms with Crippen LogP contribution in [0.3, 0.4) is 0 Å². The highest BCUT2D eigenvalue weighted by atomic mass is 16.1. The van der Waals surface area contributed by atoms with E-state index in [0.29, 0.717) is 5.56 Å². The number of hydrogen-bond acceptors (Lipinski definition) is 2. The minimum atomic E-state index is -0.426. The molecule has 0 spiro atoms. The van der Waals surface area contributed by atoms with Gasteiger partial charge in [0.1, 0.15) is 0 Å². The van der Waals surface area contributed by atoms with Gasteiger partial charge in [-0.15, -0.1) is 0 Å². The van der Waals surface area contributed by atoms with Crippen LogP contribution in [0.2, 0.25) is 0 Å². The third kappa shape index (κ3) is 1.16. The van der Waals surface area contributed by atoms with Crippen molar-refractivity contribution in [1.29, 1.82) is 0 Å². The summed E-state index contributed by atoms with van der Waals surface area (Å²) in [5.41, 5.74) is 7.58. The molecule has 0 atom stereocenters. The third-order valence-corrected chi connectivity index (χ3v) is 2.67. The molecule has 4 heteroatoms. The maximum absolute atomic E-state index is 11.1. The van der Waals surface area contributed by atoms with E-state index in [1.807, 2.05) is 12.3 Å². The first-order valence-electron chi connectivity index (χ1n) is 4.91. The van der Waals surface area contributed by atoms with Gasteiger partial charge in [-0.2, -0.15) is 0 Å². The summed E-state index contributed by atoms with van der Waals surface area (Å²) >= 11 is 0. The summed E-state index contributed by atoms with van der Waals surface area (Å²) < 4.78 is 0. The van der Waals surface area contributed by atoms with E-state index < -0.39 is 5.91 Å². The normalized spacial score (nSPS) is 11.0. The fourth-order valence-electron chi connectivity index (χ4n) is 1.86. The maximum Gasteiger partial charge on any atom is 0.248 e. The van der Waals surface area contributed by atoms with Crippen LogP contribution in [0.15, 0.2) is 36.7 Å². The number of primary amides is 1. The predicted octanol–water partition coefficient (Wildman–Crippen LogP) is 1.81. The molecule has 4 nitrogen and oxygen atoms in total. The van der Waals surface area contributed by atoms with Crippen molar-refractivity contribution in [3.8, 4) is 0 Å². The Hall–Kier alpha value is -2.36. The second-order valence-electron chi connectivity index (χ2n) is 3.66. The standard InChI is InChI=1S/C12H9N3O/c13-12(16)7-1-2-10-9(5-7)11-8(6-15-10)3-4-14-11/h1-6,14H,(H2,13,16). The monoisotopic (exact) mass is 211 g/mol. The molecule has 3 N–H and O–H groups in total. The van der Waals surface area contributed by atoms with Crippen LogP contribution >= 0.6 is 0 Å². The van der Waals surface area contributed by atoms with E-state index in [2.05, 4.69) is 9.97 Å². The van der Waals surface area contributed by atoms with Crippen molar-refractivity contribution in [2.45, 2.75) is 0 Å². The van der Waals surface area contributed by atoms with Crippen molar-refractivity contribution < 1.29 is 4.79 Å². The van der Waals surface area contributed by atoms with Gasteiger partial charge in [0.2, 0.25) is 5.91 Å². The topological polar surface area (TPSA) is 71.8 Å². The molecule has 0 bridgehead atoms. The molecular weight excluding hydrogens is 202 g/mol. The van der Waals surface area contributed by atoms with E-state index in [1.54, 1.807) is 24.4 Å². The van der Waals surface area contributed by atoms with Crippen LogP contribution in [0.1, 0.15) is 10.4 Å². The molecule has 3 rings (SSSR count). The molecule has 0 aliphatic heterocycles. The molecule has 1 aromatic carbocycles. The molecule has 0 saturated carbocycles. The Morgan fingerprint density at radius 2 is 2.19 bits per heavy atom. The van der Waals surface area contributed by atoms with Gasteiger partial charge in [0.25, 0.3) is 0 Å². The highest BCUT2D eigenvalue weighted by Gasteiger charge is 2.06. The summed E-state index contributed by atoms with van der Waals surface area (Å²) in [6, 6.07) is 7.20. The number of aromatic nitrogens is 2. The quantitative estimate of drug-likeness (QED) is 0.644. The molecule has 0 aliphatic rings. The van der Waals surface area contributed by atoms with E-state index in [9.17, 15) is 4.79 Å². The first kappa shape index (κ1) is 8.91. The Morgan fingerprint density at radius 3 is 3.00 bits per heavy atom. The summed E-state index contributed by atoms with van der Waals surface area (Å²) in [6.45, 7) is 0. The first-order valence-corrected chi connectivity index (χ1v) is 4.91.